The van der Waals surface area contributed by atoms with Crippen molar-refractivity contribution >= 4 is 39.1 Å². The van der Waals surface area contributed by atoms with Crippen LogP contribution in [0, 0.1) is 18.6 Å². The third-order valence-corrected chi connectivity index (χ3v) is 5.33. The van der Waals surface area contributed by atoms with Crippen LogP contribution in [0.2, 0.25) is 0 Å². The summed E-state index contributed by atoms with van der Waals surface area (Å²) in [4.78, 5) is 29.7. The molecule has 10 heteroatoms. The second-order valence-corrected chi connectivity index (χ2v) is 7.49. The first-order valence-corrected chi connectivity index (χ1v) is 9.34. The summed E-state index contributed by atoms with van der Waals surface area (Å²) < 4.78 is 35.5. The van der Waals surface area contributed by atoms with Crippen molar-refractivity contribution in [3.05, 3.63) is 57.5 Å². The summed E-state index contributed by atoms with van der Waals surface area (Å²) in [5.74, 6) is -3.34. The molecule has 0 saturated heterocycles. The number of fused-ring (bicyclic) bond motifs is 2. The van der Waals surface area contributed by atoms with E-state index in [2.05, 4.69) is 20.9 Å². The normalized spacial score (nSPS) is 16.1. The van der Waals surface area contributed by atoms with Gasteiger partial charge >= 0.3 is 5.97 Å². The molecule has 1 N–H and O–H groups in total. The smallest absolute Gasteiger partial charge is 0.335 e. The van der Waals surface area contributed by atoms with Crippen molar-refractivity contribution in [1.82, 2.24) is 9.38 Å². The highest BCUT2D eigenvalue weighted by atomic mass is 79.9. The zero-order valence-corrected chi connectivity index (χ0v) is 16.8. The highest BCUT2D eigenvalue weighted by Crippen LogP contribution is 2.38. The van der Waals surface area contributed by atoms with E-state index in [9.17, 15) is 23.5 Å². The lowest BCUT2D eigenvalue weighted by atomic mass is 10.1. The molecule has 1 atom stereocenters. The Morgan fingerprint density at radius 2 is 2.03 bits per heavy atom. The van der Waals surface area contributed by atoms with E-state index in [4.69, 9.17) is 4.74 Å². The Bertz CT molecular complexity index is 1190. The van der Waals surface area contributed by atoms with Gasteiger partial charge in [-0.3, -0.25) is 9.69 Å². The van der Waals surface area contributed by atoms with E-state index < -0.39 is 29.6 Å². The number of rotatable bonds is 3. The number of carboxylic acid groups (broad SMARTS) is 1. The first kappa shape index (κ1) is 19.3. The minimum atomic E-state index is -1.33. The first-order valence-electron chi connectivity index (χ1n) is 8.55. The number of carbonyl (C=O) groups is 2. The number of aromatic nitrogens is 2. The first-order chi connectivity index (χ1) is 13.7. The molecule has 0 radical (unpaired) electrons. The van der Waals surface area contributed by atoms with Crippen LogP contribution in [0.1, 0.15) is 28.7 Å². The molecule has 0 unspecified atom stereocenters. The number of benzene rings is 1. The number of carbonyl (C=O) groups excluding carboxylic acids is 1. The standard InChI is InChI=1S/C19H14BrF2N3O4/c1-8-15(24-6-11(20)12(21)5-16(24)23-8)7-25-14-4-10(19(27)28)3-13(22)17(14)29-9(2)18(25)26/h3-6,9H,7H2,1-2H3,(H,27,28)/t9-/m1/s1. The molecule has 0 aliphatic carbocycles. The van der Waals surface area contributed by atoms with Crippen LogP contribution in [-0.2, 0) is 11.3 Å². The van der Waals surface area contributed by atoms with Gasteiger partial charge < -0.3 is 14.2 Å². The Labute approximate surface area is 171 Å². The SMILES string of the molecule is Cc1nc2cc(F)c(Br)cn2c1CN1C(=O)[C@@H](C)Oc2c(F)cc(C(=O)O)cc21. The number of carboxylic acids is 1. The number of aromatic carboxylic acids is 1. The number of ether oxygens (including phenoxy) is 1. The average Bonchev–Trinajstić information content (AvgIpc) is 2.94. The molecule has 0 saturated carbocycles. The van der Waals surface area contributed by atoms with Gasteiger partial charge in [-0.1, -0.05) is 0 Å². The van der Waals surface area contributed by atoms with Gasteiger partial charge in [0.15, 0.2) is 17.7 Å². The Balaban J connectivity index is 1.87. The maximum absolute atomic E-state index is 14.5. The zero-order chi connectivity index (χ0) is 21.0. The number of anilines is 1. The second kappa shape index (κ2) is 6.80. The molecule has 0 fully saturated rings. The van der Waals surface area contributed by atoms with Gasteiger partial charge in [0.05, 0.1) is 33.7 Å². The van der Waals surface area contributed by atoms with Crippen LogP contribution in [0.15, 0.2) is 28.9 Å². The number of pyridine rings is 1. The second-order valence-electron chi connectivity index (χ2n) is 6.64. The fourth-order valence-electron chi connectivity index (χ4n) is 3.29. The monoisotopic (exact) mass is 465 g/mol. The Morgan fingerprint density at radius 1 is 1.31 bits per heavy atom. The fraction of sp³-hybridized carbons (Fsp3) is 0.211. The van der Waals surface area contributed by atoms with Crippen LogP contribution in [0.4, 0.5) is 14.5 Å². The highest BCUT2D eigenvalue weighted by Gasteiger charge is 2.35. The lowest BCUT2D eigenvalue weighted by Gasteiger charge is -2.33. The van der Waals surface area contributed by atoms with Crippen LogP contribution in [0.5, 0.6) is 5.75 Å². The van der Waals surface area contributed by atoms with Crippen LogP contribution in [0.25, 0.3) is 5.65 Å². The third kappa shape index (κ3) is 3.13. The quantitative estimate of drug-likeness (QED) is 0.637. The maximum Gasteiger partial charge on any atom is 0.335 e. The van der Waals surface area contributed by atoms with Crippen LogP contribution >= 0.6 is 15.9 Å². The van der Waals surface area contributed by atoms with Crippen molar-refractivity contribution in [2.24, 2.45) is 0 Å². The van der Waals surface area contributed by atoms with Gasteiger partial charge in [0.25, 0.3) is 5.91 Å². The van der Waals surface area contributed by atoms with Crippen molar-refractivity contribution < 1.29 is 28.2 Å². The summed E-state index contributed by atoms with van der Waals surface area (Å²) in [6.45, 7) is 3.15. The molecule has 1 amide bonds. The van der Waals surface area contributed by atoms with Crippen LogP contribution in [0.3, 0.4) is 0 Å². The van der Waals surface area contributed by atoms with E-state index in [0.29, 0.717) is 17.0 Å². The summed E-state index contributed by atoms with van der Waals surface area (Å²) in [6, 6.07) is 3.29. The van der Waals surface area contributed by atoms with E-state index >= 15 is 0 Å². The lowest BCUT2D eigenvalue weighted by molar-refractivity contribution is -0.125. The van der Waals surface area contributed by atoms with Crippen LogP contribution < -0.4 is 9.64 Å². The molecular formula is C19H14BrF2N3O4. The number of amides is 1. The van der Waals surface area contributed by atoms with Gasteiger partial charge in [-0.05, 0) is 41.9 Å². The van der Waals surface area contributed by atoms with Crippen molar-refractivity contribution in [2.45, 2.75) is 26.5 Å². The third-order valence-electron chi connectivity index (χ3n) is 4.74. The Morgan fingerprint density at radius 3 is 2.72 bits per heavy atom. The van der Waals surface area contributed by atoms with Crippen molar-refractivity contribution in [1.29, 1.82) is 0 Å². The Kier molecular flexibility index (Phi) is 4.53. The van der Waals surface area contributed by atoms with E-state index in [1.807, 2.05) is 0 Å². The fourth-order valence-corrected chi connectivity index (χ4v) is 3.61. The minimum absolute atomic E-state index is 0.0148. The van der Waals surface area contributed by atoms with E-state index in [1.165, 1.54) is 30.2 Å². The number of imidazole rings is 1. The molecule has 1 aromatic carbocycles. The van der Waals surface area contributed by atoms with Crippen molar-refractivity contribution in [3.8, 4) is 5.75 Å². The molecule has 3 heterocycles. The molecule has 29 heavy (non-hydrogen) atoms. The van der Waals surface area contributed by atoms with Gasteiger partial charge in [-0.15, -0.1) is 0 Å². The molecule has 1 aliphatic heterocycles. The lowest BCUT2D eigenvalue weighted by Crippen LogP contribution is -2.44. The number of halogens is 3. The van der Waals surface area contributed by atoms with Crippen LogP contribution in [-0.4, -0.2) is 32.5 Å². The molecular weight excluding hydrogens is 452 g/mol. The number of aryl methyl sites for hydroxylation is 1. The molecule has 4 rings (SSSR count). The molecule has 0 spiro atoms. The van der Waals surface area contributed by atoms with Gasteiger partial charge in [0, 0.05) is 12.3 Å². The molecule has 3 aromatic rings. The minimum Gasteiger partial charge on any atom is -0.478 e. The predicted octanol–water partition coefficient (Wildman–Crippen LogP) is 3.70. The van der Waals surface area contributed by atoms with Gasteiger partial charge in [0.2, 0.25) is 0 Å². The summed E-state index contributed by atoms with van der Waals surface area (Å²) in [5, 5.41) is 9.25. The van der Waals surface area contributed by atoms with E-state index in [0.717, 1.165) is 6.07 Å². The molecule has 2 aromatic heterocycles. The van der Waals surface area contributed by atoms with E-state index in [1.54, 1.807) is 11.3 Å². The largest absolute Gasteiger partial charge is 0.478 e. The van der Waals surface area contributed by atoms with Gasteiger partial charge in [-0.2, -0.15) is 0 Å². The summed E-state index contributed by atoms with van der Waals surface area (Å²) in [7, 11) is 0. The number of nitrogens with zero attached hydrogens (tertiary/aromatic N) is 3. The molecule has 1 aliphatic rings. The molecule has 150 valence electrons. The van der Waals surface area contributed by atoms with Gasteiger partial charge in [0.1, 0.15) is 11.5 Å². The van der Waals surface area contributed by atoms with Crippen molar-refractivity contribution in [3.63, 3.8) is 0 Å². The highest BCUT2D eigenvalue weighted by molar-refractivity contribution is 9.10. The topological polar surface area (TPSA) is 84.1 Å². The predicted molar refractivity (Wildman–Crippen MR) is 102 cm³/mol. The summed E-state index contributed by atoms with van der Waals surface area (Å²) in [6.07, 6.45) is 0.528. The molecule has 0 bridgehead atoms. The van der Waals surface area contributed by atoms with Crippen molar-refractivity contribution in [2.75, 3.05) is 4.90 Å². The summed E-state index contributed by atoms with van der Waals surface area (Å²) in [5.41, 5.74) is 1.16. The number of hydrogen-bond donors (Lipinski definition) is 1. The zero-order valence-electron chi connectivity index (χ0n) is 15.2. The number of hydrogen-bond acceptors (Lipinski definition) is 4. The maximum atomic E-state index is 14.5. The molecule has 7 nitrogen and oxygen atoms in total. The van der Waals surface area contributed by atoms with E-state index in [-0.39, 0.29) is 28.0 Å². The van der Waals surface area contributed by atoms with Gasteiger partial charge in [-0.25, -0.2) is 18.6 Å². The average molecular weight is 466 g/mol. The summed E-state index contributed by atoms with van der Waals surface area (Å²) >= 11 is 3.13. The Hall–Kier alpha value is -3.01.